The fourth-order valence-electron chi connectivity index (χ4n) is 1.68. The van der Waals surface area contributed by atoms with Crippen molar-refractivity contribution in [3.05, 3.63) is 53.0 Å². The maximum absolute atomic E-state index is 13.0. The molecule has 19 heavy (non-hydrogen) atoms. The number of hydrogen-bond acceptors (Lipinski definition) is 3. The molecule has 0 radical (unpaired) electrons. The number of aromatic nitrogens is 1. The summed E-state index contributed by atoms with van der Waals surface area (Å²) in [6.07, 6.45) is 0.922. The van der Waals surface area contributed by atoms with E-state index in [-0.39, 0.29) is 11.4 Å². The van der Waals surface area contributed by atoms with E-state index in [0.29, 0.717) is 5.75 Å². The molecule has 0 saturated carbocycles. The Bertz CT molecular complexity index is 641. The molecular weight excluding hydrogens is 249 g/mol. The topological polar surface area (TPSA) is 59.4 Å². The van der Waals surface area contributed by atoms with Crippen LogP contribution in [0, 0.1) is 19.7 Å². The van der Waals surface area contributed by atoms with Crippen molar-refractivity contribution >= 4 is 5.97 Å². The van der Waals surface area contributed by atoms with Crippen LogP contribution in [-0.2, 0) is 0 Å². The number of benzene rings is 1. The Hall–Kier alpha value is -2.43. The normalized spacial score (nSPS) is 10.3. The number of carbonyl (C=O) groups is 1. The predicted molar refractivity (Wildman–Crippen MR) is 67.1 cm³/mol. The summed E-state index contributed by atoms with van der Waals surface area (Å²) < 4.78 is 18.5. The summed E-state index contributed by atoms with van der Waals surface area (Å²) in [5, 5.41) is 8.99. The van der Waals surface area contributed by atoms with Crippen molar-refractivity contribution in [1.82, 2.24) is 4.98 Å². The maximum Gasteiger partial charge on any atom is 0.341 e. The molecule has 0 aliphatic heterocycles. The number of halogens is 1. The van der Waals surface area contributed by atoms with Gasteiger partial charge in [-0.3, -0.25) is 0 Å². The van der Waals surface area contributed by atoms with E-state index < -0.39 is 11.8 Å². The van der Waals surface area contributed by atoms with Crippen LogP contribution in [0.3, 0.4) is 0 Å². The van der Waals surface area contributed by atoms with E-state index in [2.05, 4.69) is 4.98 Å². The summed E-state index contributed by atoms with van der Waals surface area (Å²) in [6, 6.07) is 6.35. The van der Waals surface area contributed by atoms with E-state index in [0.717, 1.165) is 23.4 Å². The molecule has 0 aliphatic rings. The standard InChI is InChI=1S/C14H12FNO3/c1-8-3-4-12(9(2)5-8)19-13-11(14(17)18)6-10(15)7-16-13/h3-7H,1-2H3,(H,17,18). The second-order valence-electron chi connectivity index (χ2n) is 4.18. The minimum absolute atomic E-state index is 0.124. The number of pyridine rings is 1. The zero-order chi connectivity index (χ0) is 14.0. The monoisotopic (exact) mass is 261 g/mol. The first kappa shape index (κ1) is 13.0. The Morgan fingerprint density at radius 1 is 1.32 bits per heavy atom. The molecule has 0 aliphatic carbocycles. The average Bonchev–Trinajstić information content (AvgIpc) is 2.34. The van der Waals surface area contributed by atoms with Gasteiger partial charge in [0, 0.05) is 0 Å². The third-order valence-corrected chi connectivity index (χ3v) is 2.59. The van der Waals surface area contributed by atoms with Crippen molar-refractivity contribution in [2.45, 2.75) is 13.8 Å². The van der Waals surface area contributed by atoms with Crippen LogP contribution in [-0.4, -0.2) is 16.1 Å². The average molecular weight is 261 g/mol. The van der Waals surface area contributed by atoms with Crippen molar-refractivity contribution in [3.8, 4) is 11.6 Å². The van der Waals surface area contributed by atoms with E-state index in [1.54, 1.807) is 6.07 Å². The van der Waals surface area contributed by atoms with Crippen molar-refractivity contribution < 1.29 is 19.0 Å². The summed E-state index contributed by atoms with van der Waals surface area (Å²) in [4.78, 5) is 14.7. The summed E-state index contributed by atoms with van der Waals surface area (Å²) in [5.74, 6) is -1.63. The largest absolute Gasteiger partial charge is 0.477 e. The lowest BCUT2D eigenvalue weighted by molar-refractivity contribution is 0.0692. The number of hydrogen-bond donors (Lipinski definition) is 1. The molecule has 0 atom stereocenters. The molecule has 2 aromatic rings. The molecule has 1 aromatic carbocycles. The SMILES string of the molecule is Cc1ccc(Oc2ncc(F)cc2C(=O)O)c(C)c1. The van der Waals surface area contributed by atoms with E-state index in [4.69, 9.17) is 9.84 Å². The minimum Gasteiger partial charge on any atom is -0.477 e. The molecule has 0 saturated heterocycles. The predicted octanol–water partition coefficient (Wildman–Crippen LogP) is 3.33. The van der Waals surface area contributed by atoms with Gasteiger partial charge in [-0.05, 0) is 31.5 Å². The second kappa shape index (κ2) is 5.06. The van der Waals surface area contributed by atoms with Crippen LogP contribution in [0.1, 0.15) is 21.5 Å². The first-order chi connectivity index (χ1) is 8.97. The van der Waals surface area contributed by atoms with Crippen LogP contribution in [0.2, 0.25) is 0 Å². The van der Waals surface area contributed by atoms with E-state index >= 15 is 0 Å². The lowest BCUT2D eigenvalue weighted by Gasteiger charge is -2.10. The Kier molecular flexibility index (Phi) is 3.46. The molecule has 2 rings (SSSR count). The first-order valence-electron chi connectivity index (χ1n) is 5.61. The number of carboxylic acids is 1. The molecule has 0 unspecified atom stereocenters. The van der Waals surface area contributed by atoms with Crippen LogP contribution in [0.5, 0.6) is 11.6 Å². The fraction of sp³-hybridized carbons (Fsp3) is 0.143. The van der Waals surface area contributed by atoms with E-state index in [1.165, 1.54) is 0 Å². The Morgan fingerprint density at radius 3 is 2.68 bits per heavy atom. The summed E-state index contributed by atoms with van der Waals surface area (Å²) in [6.45, 7) is 3.78. The first-order valence-corrected chi connectivity index (χ1v) is 5.61. The van der Waals surface area contributed by atoms with Gasteiger partial charge in [0.05, 0.1) is 6.20 Å². The van der Waals surface area contributed by atoms with Crippen LogP contribution < -0.4 is 4.74 Å². The highest BCUT2D eigenvalue weighted by molar-refractivity contribution is 5.90. The highest BCUT2D eigenvalue weighted by Gasteiger charge is 2.15. The van der Waals surface area contributed by atoms with Gasteiger partial charge < -0.3 is 9.84 Å². The number of aryl methyl sites for hydroxylation is 2. The molecule has 1 heterocycles. The molecule has 5 heteroatoms. The highest BCUT2D eigenvalue weighted by Crippen LogP contribution is 2.27. The van der Waals surface area contributed by atoms with Crippen LogP contribution in [0.25, 0.3) is 0 Å². The highest BCUT2D eigenvalue weighted by atomic mass is 19.1. The van der Waals surface area contributed by atoms with Gasteiger partial charge in [-0.2, -0.15) is 0 Å². The number of carboxylic acid groups (broad SMARTS) is 1. The number of ether oxygens (including phenoxy) is 1. The van der Waals surface area contributed by atoms with E-state index in [9.17, 15) is 9.18 Å². The van der Waals surface area contributed by atoms with Gasteiger partial charge in [0.1, 0.15) is 17.1 Å². The molecule has 4 nitrogen and oxygen atoms in total. The molecular formula is C14H12FNO3. The Morgan fingerprint density at radius 2 is 2.05 bits per heavy atom. The van der Waals surface area contributed by atoms with Crippen LogP contribution in [0.15, 0.2) is 30.5 Å². The molecule has 0 bridgehead atoms. The van der Waals surface area contributed by atoms with Crippen LogP contribution >= 0.6 is 0 Å². The van der Waals surface area contributed by atoms with Crippen molar-refractivity contribution in [1.29, 1.82) is 0 Å². The molecule has 0 spiro atoms. The molecule has 0 fully saturated rings. The van der Waals surface area contributed by atoms with E-state index in [1.807, 2.05) is 26.0 Å². The second-order valence-corrected chi connectivity index (χ2v) is 4.18. The number of rotatable bonds is 3. The van der Waals surface area contributed by atoms with Crippen molar-refractivity contribution in [2.75, 3.05) is 0 Å². The molecule has 98 valence electrons. The van der Waals surface area contributed by atoms with Gasteiger partial charge in [-0.25, -0.2) is 14.2 Å². The van der Waals surface area contributed by atoms with Gasteiger partial charge in [0.25, 0.3) is 0 Å². The fourth-order valence-corrected chi connectivity index (χ4v) is 1.68. The zero-order valence-electron chi connectivity index (χ0n) is 10.5. The number of aromatic carboxylic acids is 1. The van der Waals surface area contributed by atoms with Gasteiger partial charge in [-0.15, -0.1) is 0 Å². The summed E-state index contributed by atoms with van der Waals surface area (Å²) in [5.41, 5.74) is 1.61. The van der Waals surface area contributed by atoms with Crippen molar-refractivity contribution in [2.24, 2.45) is 0 Å². The maximum atomic E-state index is 13.0. The zero-order valence-corrected chi connectivity index (χ0v) is 10.5. The van der Waals surface area contributed by atoms with Gasteiger partial charge >= 0.3 is 5.97 Å². The smallest absolute Gasteiger partial charge is 0.341 e. The quantitative estimate of drug-likeness (QED) is 0.920. The Labute approximate surface area is 109 Å². The lowest BCUT2D eigenvalue weighted by Crippen LogP contribution is -2.03. The number of nitrogens with zero attached hydrogens (tertiary/aromatic N) is 1. The summed E-state index contributed by atoms with van der Waals surface area (Å²) in [7, 11) is 0. The van der Waals surface area contributed by atoms with Gasteiger partial charge in [-0.1, -0.05) is 17.7 Å². The molecule has 1 N–H and O–H groups in total. The summed E-state index contributed by atoms with van der Waals surface area (Å²) >= 11 is 0. The lowest BCUT2D eigenvalue weighted by atomic mass is 10.1. The molecule has 1 aromatic heterocycles. The van der Waals surface area contributed by atoms with Crippen LogP contribution in [0.4, 0.5) is 4.39 Å². The van der Waals surface area contributed by atoms with Gasteiger partial charge in [0.15, 0.2) is 0 Å². The third kappa shape index (κ3) is 2.88. The third-order valence-electron chi connectivity index (χ3n) is 2.59. The Balaban J connectivity index is 2.40. The molecule has 0 amide bonds. The van der Waals surface area contributed by atoms with Crippen molar-refractivity contribution in [3.63, 3.8) is 0 Å². The minimum atomic E-state index is -1.29. The van der Waals surface area contributed by atoms with Gasteiger partial charge in [0.2, 0.25) is 5.88 Å².